The molecule has 1 rings (SSSR count). The summed E-state index contributed by atoms with van der Waals surface area (Å²) in [5.74, 6) is 0.0989. The first kappa shape index (κ1) is 14.0. The van der Waals surface area contributed by atoms with Gasteiger partial charge in [0.15, 0.2) is 0 Å². The number of amides is 1. The van der Waals surface area contributed by atoms with E-state index in [1.165, 1.54) is 0 Å². The van der Waals surface area contributed by atoms with Crippen LogP contribution in [0.5, 0.6) is 0 Å². The van der Waals surface area contributed by atoms with Crippen molar-refractivity contribution in [3.63, 3.8) is 0 Å². The normalized spacial score (nSPS) is 11.9. The molecule has 0 fully saturated rings. The number of nitrogens with one attached hydrogen (secondary N) is 2. The highest BCUT2D eigenvalue weighted by atomic mass is 79.9. The maximum atomic E-state index is 11.5. The molecule has 0 radical (unpaired) electrons. The summed E-state index contributed by atoms with van der Waals surface area (Å²) in [5.41, 5.74) is 1.02. The Morgan fingerprint density at radius 1 is 1.47 bits per heavy atom. The van der Waals surface area contributed by atoms with Crippen LogP contribution in [0.2, 0.25) is 0 Å². The minimum absolute atomic E-state index is 0.0989. The van der Waals surface area contributed by atoms with Crippen molar-refractivity contribution in [3.05, 3.63) is 28.7 Å². The zero-order valence-electron chi connectivity index (χ0n) is 10.3. The summed E-state index contributed by atoms with van der Waals surface area (Å²) in [5, 5.41) is 6.16. The maximum Gasteiger partial charge on any atom is 0.221 e. The molecular weight excluding hydrogens is 280 g/mol. The fourth-order valence-electron chi connectivity index (χ4n) is 1.37. The van der Waals surface area contributed by atoms with Crippen molar-refractivity contribution < 1.29 is 4.79 Å². The largest absolute Gasteiger partial charge is 0.384 e. The molecule has 0 bridgehead atoms. The van der Waals surface area contributed by atoms with Crippen LogP contribution in [-0.4, -0.2) is 18.5 Å². The predicted octanol–water partition coefficient (Wildman–Crippen LogP) is 3.17. The molecule has 3 nitrogen and oxygen atoms in total. The predicted molar refractivity (Wildman–Crippen MR) is 75.1 cm³/mol. The summed E-state index contributed by atoms with van der Waals surface area (Å²) < 4.78 is 1.03. The molecule has 0 saturated heterocycles. The second-order valence-corrected chi connectivity index (χ2v) is 4.98. The lowest BCUT2D eigenvalue weighted by Crippen LogP contribution is -2.32. The highest BCUT2D eigenvalue weighted by Crippen LogP contribution is 2.15. The summed E-state index contributed by atoms with van der Waals surface area (Å²) in [6, 6.07) is 8.17. The third-order valence-corrected chi connectivity index (χ3v) is 3.02. The zero-order chi connectivity index (χ0) is 12.7. The number of carbonyl (C=O) groups is 1. The molecule has 0 aliphatic carbocycles. The molecule has 1 aromatic rings. The van der Waals surface area contributed by atoms with E-state index >= 15 is 0 Å². The Morgan fingerprint density at radius 3 is 2.88 bits per heavy atom. The van der Waals surface area contributed by atoms with Crippen molar-refractivity contribution in [2.75, 3.05) is 11.9 Å². The van der Waals surface area contributed by atoms with Gasteiger partial charge in [-0.1, -0.05) is 28.9 Å². The quantitative estimate of drug-likeness (QED) is 0.847. The number of hydrogen-bond donors (Lipinski definition) is 2. The van der Waals surface area contributed by atoms with Crippen molar-refractivity contribution in [1.29, 1.82) is 0 Å². The first-order chi connectivity index (χ1) is 8.11. The SMILES string of the molecule is CCC(C)NC(=O)CCNc1cccc(Br)c1. The summed E-state index contributed by atoms with van der Waals surface area (Å²) in [6.07, 6.45) is 1.46. The van der Waals surface area contributed by atoms with Gasteiger partial charge >= 0.3 is 0 Å². The Hall–Kier alpha value is -1.03. The zero-order valence-corrected chi connectivity index (χ0v) is 11.9. The topological polar surface area (TPSA) is 41.1 Å². The molecule has 94 valence electrons. The summed E-state index contributed by atoms with van der Waals surface area (Å²) in [7, 11) is 0. The standard InChI is InChI=1S/C13H19BrN2O/c1-3-10(2)16-13(17)7-8-15-12-6-4-5-11(14)9-12/h4-6,9-10,15H,3,7-8H2,1-2H3,(H,16,17). The lowest BCUT2D eigenvalue weighted by Gasteiger charge is -2.12. The van der Waals surface area contributed by atoms with Crippen molar-refractivity contribution in [2.24, 2.45) is 0 Å². The highest BCUT2D eigenvalue weighted by Gasteiger charge is 2.04. The molecule has 1 amide bonds. The van der Waals surface area contributed by atoms with Crippen molar-refractivity contribution in [2.45, 2.75) is 32.7 Å². The van der Waals surface area contributed by atoms with Gasteiger partial charge < -0.3 is 10.6 Å². The molecule has 17 heavy (non-hydrogen) atoms. The van der Waals surface area contributed by atoms with Crippen LogP contribution in [0, 0.1) is 0 Å². The van der Waals surface area contributed by atoms with E-state index in [9.17, 15) is 4.79 Å². The van der Waals surface area contributed by atoms with Gasteiger partial charge in [-0.2, -0.15) is 0 Å². The third kappa shape index (κ3) is 5.73. The highest BCUT2D eigenvalue weighted by molar-refractivity contribution is 9.10. The summed E-state index contributed by atoms with van der Waals surface area (Å²) in [4.78, 5) is 11.5. The molecular formula is C13H19BrN2O. The van der Waals surface area contributed by atoms with Gasteiger partial charge in [0.05, 0.1) is 0 Å². The van der Waals surface area contributed by atoms with Crippen LogP contribution in [0.4, 0.5) is 5.69 Å². The molecule has 0 aromatic heterocycles. The Bertz CT molecular complexity index is 368. The van der Waals surface area contributed by atoms with Gasteiger partial charge in [-0.25, -0.2) is 0 Å². The first-order valence-corrected chi connectivity index (χ1v) is 6.70. The lowest BCUT2D eigenvalue weighted by atomic mass is 10.2. The fraction of sp³-hybridized carbons (Fsp3) is 0.462. The van der Waals surface area contributed by atoms with Crippen molar-refractivity contribution >= 4 is 27.5 Å². The number of carbonyl (C=O) groups excluding carboxylic acids is 1. The van der Waals surface area contributed by atoms with Crippen molar-refractivity contribution in [3.8, 4) is 0 Å². The number of anilines is 1. The van der Waals surface area contributed by atoms with Crippen LogP contribution in [-0.2, 0) is 4.79 Å². The molecule has 0 spiro atoms. The molecule has 4 heteroatoms. The molecule has 1 atom stereocenters. The second kappa shape index (κ2) is 7.33. The van der Waals surface area contributed by atoms with Crippen LogP contribution in [0.3, 0.4) is 0 Å². The van der Waals surface area contributed by atoms with E-state index in [1.807, 2.05) is 31.2 Å². The van der Waals surface area contributed by atoms with E-state index in [4.69, 9.17) is 0 Å². The number of benzene rings is 1. The molecule has 0 aliphatic heterocycles. The van der Waals surface area contributed by atoms with E-state index in [0.29, 0.717) is 13.0 Å². The van der Waals surface area contributed by atoms with Crippen LogP contribution < -0.4 is 10.6 Å². The Kier molecular flexibility index (Phi) is 6.05. The van der Waals surface area contributed by atoms with Crippen molar-refractivity contribution in [1.82, 2.24) is 5.32 Å². The van der Waals surface area contributed by atoms with Gasteiger partial charge in [0.25, 0.3) is 0 Å². The van der Waals surface area contributed by atoms with E-state index in [1.54, 1.807) is 0 Å². The monoisotopic (exact) mass is 298 g/mol. The fourth-order valence-corrected chi connectivity index (χ4v) is 1.77. The molecule has 0 heterocycles. The van der Waals surface area contributed by atoms with E-state index < -0.39 is 0 Å². The first-order valence-electron chi connectivity index (χ1n) is 5.90. The average Bonchev–Trinajstić information content (AvgIpc) is 2.29. The van der Waals surface area contributed by atoms with Gasteiger partial charge in [-0.3, -0.25) is 4.79 Å². The van der Waals surface area contributed by atoms with Gasteiger partial charge in [0.1, 0.15) is 0 Å². The van der Waals surface area contributed by atoms with Crippen LogP contribution in [0.1, 0.15) is 26.7 Å². The minimum Gasteiger partial charge on any atom is -0.384 e. The maximum absolute atomic E-state index is 11.5. The second-order valence-electron chi connectivity index (χ2n) is 4.06. The van der Waals surface area contributed by atoms with Gasteiger partial charge in [-0.15, -0.1) is 0 Å². The van der Waals surface area contributed by atoms with Crippen LogP contribution in [0.25, 0.3) is 0 Å². The smallest absolute Gasteiger partial charge is 0.221 e. The Balaban J connectivity index is 2.26. The van der Waals surface area contributed by atoms with E-state index in [2.05, 4.69) is 33.5 Å². The third-order valence-electron chi connectivity index (χ3n) is 2.53. The minimum atomic E-state index is 0.0989. The summed E-state index contributed by atoms with van der Waals surface area (Å²) in [6.45, 7) is 4.73. The lowest BCUT2D eigenvalue weighted by molar-refractivity contribution is -0.121. The number of rotatable bonds is 6. The molecule has 0 saturated carbocycles. The molecule has 1 unspecified atom stereocenters. The molecule has 2 N–H and O–H groups in total. The van der Waals surface area contributed by atoms with Crippen LogP contribution >= 0.6 is 15.9 Å². The Morgan fingerprint density at radius 2 is 2.24 bits per heavy atom. The van der Waals surface area contributed by atoms with E-state index in [0.717, 1.165) is 16.6 Å². The van der Waals surface area contributed by atoms with Crippen LogP contribution in [0.15, 0.2) is 28.7 Å². The number of halogens is 1. The Labute approximate surface area is 111 Å². The van der Waals surface area contributed by atoms with E-state index in [-0.39, 0.29) is 11.9 Å². The average molecular weight is 299 g/mol. The van der Waals surface area contributed by atoms with Gasteiger partial charge in [0.2, 0.25) is 5.91 Å². The molecule has 0 aliphatic rings. The number of hydrogen-bond acceptors (Lipinski definition) is 2. The van der Waals surface area contributed by atoms with Gasteiger partial charge in [0, 0.05) is 29.2 Å². The molecule has 1 aromatic carbocycles. The van der Waals surface area contributed by atoms with Gasteiger partial charge in [-0.05, 0) is 31.5 Å². The summed E-state index contributed by atoms with van der Waals surface area (Å²) >= 11 is 3.41.